The van der Waals surface area contributed by atoms with Crippen molar-refractivity contribution in [2.75, 3.05) is 13.6 Å². The topological polar surface area (TPSA) is 96.3 Å². The Hall–Kier alpha value is -3.16. The molecule has 0 aliphatic rings. The maximum Gasteiger partial charge on any atom is 0.269 e. The van der Waals surface area contributed by atoms with Gasteiger partial charge in [-0.25, -0.2) is 0 Å². The lowest BCUT2D eigenvalue weighted by molar-refractivity contribution is -0.137. The Bertz CT molecular complexity index is 700. The van der Waals surface area contributed by atoms with E-state index in [9.17, 15) is 14.4 Å². The summed E-state index contributed by atoms with van der Waals surface area (Å²) >= 11 is 0. The lowest BCUT2D eigenvalue weighted by Crippen LogP contribution is -2.47. The molecule has 0 aliphatic heterocycles. The van der Waals surface area contributed by atoms with Crippen LogP contribution in [0.2, 0.25) is 0 Å². The molecule has 0 saturated heterocycles. The smallest absolute Gasteiger partial charge is 0.269 e. The number of aromatic nitrogens is 2. The summed E-state index contributed by atoms with van der Waals surface area (Å²) in [6.45, 7) is 1.51. The predicted octanol–water partition coefficient (Wildman–Crippen LogP) is 0.364. The van der Waals surface area contributed by atoms with Crippen molar-refractivity contribution in [1.29, 1.82) is 0 Å². The van der Waals surface area contributed by atoms with E-state index >= 15 is 0 Å². The van der Waals surface area contributed by atoms with Gasteiger partial charge < -0.3 is 4.90 Å². The van der Waals surface area contributed by atoms with Crippen molar-refractivity contribution in [1.82, 2.24) is 25.5 Å². The van der Waals surface area contributed by atoms with Crippen LogP contribution in [0.4, 0.5) is 0 Å². The van der Waals surface area contributed by atoms with Crippen LogP contribution in [0.5, 0.6) is 0 Å². The van der Waals surface area contributed by atoms with Crippen molar-refractivity contribution in [3.8, 4) is 0 Å². The number of rotatable bonds is 5. The first-order valence-corrected chi connectivity index (χ1v) is 7.37. The van der Waals surface area contributed by atoms with Crippen molar-refractivity contribution < 1.29 is 14.4 Å². The summed E-state index contributed by atoms with van der Waals surface area (Å²) < 4.78 is 1.51. The first-order chi connectivity index (χ1) is 11.5. The number of hydrogen-bond acceptors (Lipinski definition) is 4. The van der Waals surface area contributed by atoms with Gasteiger partial charge in [0.1, 0.15) is 12.6 Å². The Kier molecular flexibility index (Phi) is 5.67. The predicted molar refractivity (Wildman–Crippen MR) is 86.6 cm³/mol. The molecule has 0 saturated carbocycles. The number of carbonyl (C=O) groups excluding carboxylic acids is 3. The molecule has 1 aromatic carbocycles. The van der Waals surface area contributed by atoms with E-state index in [-0.39, 0.29) is 12.5 Å². The highest BCUT2D eigenvalue weighted by Crippen LogP contribution is 2.06. The molecule has 8 heteroatoms. The maximum absolute atomic E-state index is 12.2. The molecule has 3 amide bonds. The SMILES string of the molecule is CC(C(=O)N(C)CC(=O)NNC(=O)c1ccccc1)n1cccn1. The van der Waals surface area contributed by atoms with E-state index in [2.05, 4.69) is 16.0 Å². The molecule has 2 rings (SSSR count). The molecule has 2 aromatic rings. The molecule has 8 nitrogen and oxygen atoms in total. The van der Waals surface area contributed by atoms with Gasteiger partial charge in [-0.1, -0.05) is 18.2 Å². The van der Waals surface area contributed by atoms with Gasteiger partial charge in [0.05, 0.1) is 0 Å². The standard InChI is InChI=1S/C16H19N5O3/c1-12(21-10-6-9-17-21)16(24)20(2)11-14(22)18-19-15(23)13-7-4-3-5-8-13/h3-10,12H,11H2,1-2H3,(H,18,22)(H,19,23). The van der Waals surface area contributed by atoms with E-state index in [0.29, 0.717) is 5.56 Å². The number of benzene rings is 1. The average molecular weight is 329 g/mol. The number of nitrogens with one attached hydrogen (secondary N) is 2. The van der Waals surface area contributed by atoms with Crippen molar-refractivity contribution in [3.05, 3.63) is 54.4 Å². The minimum Gasteiger partial charge on any atom is -0.335 e. The summed E-state index contributed by atoms with van der Waals surface area (Å²) in [4.78, 5) is 37.2. The van der Waals surface area contributed by atoms with Gasteiger partial charge in [-0.2, -0.15) is 5.10 Å². The minimum atomic E-state index is -0.517. The van der Waals surface area contributed by atoms with Gasteiger partial charge in [0.15, 0.2) is 0 Å². The number of carbonyl (C=O) groups is 3. The van der Waals surface area contributed by atoms with Gasteiger partial charge in [-0.3, -0.25) is 29.9 Å². The summed E-state index contributed by atoms with van der Waals surface area (Å²) in [6, 6.07) is 9.69. The molecule has 0 radical (unpaired) electrons. The number of hydrazine groups is 1. The minimum absolute atomic E-state index is 0.181. The van der Waals surface area contributed by atoms with E-state index in [1.54, 1.807) is 55.7 Å². The van der Waals surface area contributed by atoms with Crippen LogP contribution < -0.4 is 10.9 Å². The monoisotopic (exact) mass is 329 g/mol. The van der Waals surface area contributed by atoms with Crippen LogP contribution >= 0.6 is 0 Å². The fourth-order valence-electron chi connectivity index (χ4n) is 2.06. The van der Waals surface area contributed by atoms with Crippen LogP contribution in [-0.4, -0.2) is 46.0 Å². The van der Waals surface area contributed by atoms with Gasteiger partial charge in [-0.15, -0.1) is 0 Å². The number of hydrogen-bond donors (Lipinski definition) is 2. The molecule has 1 heterocycles. The second-order valence-corrected chi connectivity index (χ2v) is 5.22. The van der Waals surface area contributed by atoms with E-state index in [1.165, 1.54) is 16.6 Å². The maximum atomic E-state index is 12.2. The zero-order chi connectivity index (χ0) is 17.5. The summed E-state index contributed by atoms with van der Waals surface area (Å²) in [5.74, 6) is -1.19. The summed E-state index contributed by atoms with van der Waals surface area (Å²) in [5.41, 5.74) is 5.02. The Morgan fingerprint density at radius 1 is 1.17 bits per heavy atom. The molecule has 0 spiro atoms. The molecule has 126 valence electrons. The largest absolute Gasteiger partial charge is 0.335 e. The summed E-state index contributed by atoms with van der Waals surface area (Å²) in [6.07, 6.45) is 3.26. The van der Waals surface area contributed by atoms with Crippen LogP contribution in [0.1, 0.15) is 23.3 Å². The first-order valence-electron chi connectivity index (χ1n) is 7.37. The molecule has 0 fully saturated rings. The zero-order valence-corrected chi connectivity index (χ0v) is 13.5. The van der Waals surface area contributed by atoms with Gasteiger partial charge in [0.2, 0.25) is 5.91 Å². The van der Waals surface area contributed by atoms with Crippen molar-refractivity contribution >= 4 is 17.7 Å². The Morgan fingerprint density at radius 2 is 1.88 bits per heavy atom. The Labute approximate surface area is 139 Å². The highest BCUT2D eigenvalue weighted by Gasteiger charge is 2.21. The van der Waals surface area contributed by atoms with Crippen molar-refractivity contribution in [3.63, 3.8) is 0 Å². The third-order valence-electron chi connectivity index (χ3n) is 3.39. The molecule has 0 bridgehead atoms. The molecular formula is C16H19N5O3. The molecule has 0 aliphatic carbocycles. The zero-order valence-electron chi connectivity index (χ0n) is 13.5. The quantitative estimate of drug-likeness (QED) is 0.774. The van der Waals surface area contributed by atoms with Crippen molar-refractivity contribution in [2.45, 2.75) is 13.0 Å². The number of likely N-dealkylation sites (N-methyl/N-ethyl adjacent to an activating group) is 1. The third-order valence-corrected chi connectivity index (χ3v) is 3.39. The third kappa shape index (κ3) is 4.42. The Morgan fingerprint density at radius 3 is 2.50 bits per heavy atom. The first kappa shape index (κ1) is 17.2. The van der Waals surface area contributed by atoms with Crippen molar-refractivity contribution in [2.24, 2.45) is 0 Å². The average Bonchev–Trinajstić information content (AvgIpc) is 3.13. The van der Waals surface area contributed by atoms with Crippen LogP contribution in [-0.2, 0) is 9.59 Å². The van der Waals surface area contributed by atoms with E-state index < -0.39 is 17.9 Å². The molecule has 24 heavy (non-hydrogen) atoms. The Balaban J connectivity index is 1.81. The number of amides is 3. The van der Waals surface area contributed by atoms with Gasteiger partial charge in [-0.05, 0) is 25.1 Å². The van der Waals surface area contributed by atoms with E-state index in [4.69, 9.17) is 0 Å². The lowest BCUT2D eigenvalue weighted by atomic mass is 10.2. The highest BCUT2D eigenvalue weighted by atomic mass is 16.2. The second kappa shape index (κ2) is 7.91. The molecule has 2 N–H and O–H groups in total. The normalized spacial score (nSPS) is 11.4. The number of nitrogens with zero attached hydrogens (tertiary/aromatic N) is 3. The van der Waals surface area contributed by atoms with E-state index in [1.807, 2.05) is 0 Å². The van der Waals surface area contributed by atoms with Gasteiger partial charge in [0.25, 0.3) is 11.8 Å². The van der Waals surface area contributed by atoms with Crippen LogP contribution in [0, 0.1) is 0 Å². The van der Waals surface area contributed by atoms with E-state index in [0.717, 1.165) is 0 Å². The van der Waals surface area contributed by atoms with Gasteiger partial charge >= 0.3 is 0 Å². The van der Waals surface area contributed by atoms with Crippen LogP contribution in [0.25, 0.3) is 0 Å². The van der Waals surface area contributed by atoms with Crippen LogP contribution in [0.15, 0.2) is 48.8 Å². The molecular weight excluding hydrogens is 310 g/mol. The second-order valence-electron chi connectivity index (χ2n) is 5.22. The molecule has 1 aromatic heterocycles. The molecule has 1 atom stereocenters. The van der Waals surface area contributed by atoms with Gasteiger partial charge in [0, 0.05) is 25.0 Å². The summed E-state index contributed by atoms with van der Waals surface area (Å²) in [5, 5.41) is 4.00. The van der Waals surface area contributed by atoms with Crippen LogP contribution in [0.3, 0.4) is 0 Å². The lowest BCUT2D eigenvalue weighted by Gasteiger charge is -2.21. The fraction of sp³-hybridized carbons (Fsp3) is 0.250. The molecule has 1 unspecified atom stereocenters. The fourth-order valence-corrected chi connectivity index (χ4v) is 2.06. The highest BCUT2D eigenvalue weighted by molar-refractivity contribution is 5.95. The summed E-state index contributed by atoms with van der Waals surface area (Å²) in [7, 11) is 1.51.